The smallest absolute Gasteiger partial charge is 0.150 e. The van der Waals surface area contributed by atoms with E-state index >= 15 is 0 Å². The predicted molar refractivity (Wildman–Crippen MR) is 61.0 cm³/mol. The zero-order valence-corrected chi connectivity index (χ0v) is 10.1. The van der Waals surface area contributed by atoms with Crippen molar-refractivity contribution in [1.82, 2.24) is 0 Å². The third-order valence-electron chi connectivity index (χ3n) is 2.38. The molecule has 1 atom stereocenters. The maximum Gasteiger partial charge on any atom is 0.150 e. The summed E-state index contributed by atoms with van der Waals surface area (Å²) in [5.74, 6) is 1.01. The summed E-state index contributed by atoms with van der Waals surface area (Å²) in [5, 5.41) is 0. The van der Waals surface area contributed by atoms with Crippen LogP contribution in [0.15, 0.2) is 0 Å². The average molecular weight is 221 g/mol. The molecule has 86 valence electrons. The van der Waals surface area contributed by atoms with Gasteiger partial charge >= 0.3 is 0 Å². The maximum absolute atomic E-state index is 11.4. The molecule has 0 aliphatic heterocycles. The standard InChI is InChI=1S/C10H23NO2S/c1-3-5-10(9-11)6-8-14(12,13)7-4-2/h10H,3-9,11H2,1-2H3. The van der Waals surface area contributed by atoms with Crippen LogP contribution in [0.1, 0.15) is 39.5 Å². The number of hydrogen-bond acceptors (Lipinski definition) is 3. The van der Waals surface area contributed by atoms with Crippen LogP contribution in [0.25, 0.3) is 0 Å². The third kappa shape index (κ3) is 6.38. The molecule has 0 fully saturated rings. The lowest BCUT2D eigenvalue weighted by Crippen LogP contribution is -2.19. The zero-order valence-electron chi connectivity index (χ0n) is 9.33. The second-order valence-electron chi connectivity index (χ2n) is 3.83. The minimum Gasteiger partial charge on any atom is -0.330 e. The molecule has 0 aliphatic carbocycles. The second kappa shape index (κ2) is 7.23. The topological polar surface area (TPSA) is 60.2 Å². The molecule has 0 aromatic rings. The number of rotatable bonds is 8. The third-order valence-corrected chi connectivity index (χ3v) is 4.27. The highest BCUT2D eigenvalue weighted by atomic mass is 32.2. The Morgan fingerprint density at radius 2 is 1.71 bits per heavy atom. The first-order valence-corrected chi connectivity index (χ1v) is 7.28. The summed E-state index contributed by atoms with van der Waals surface area (Å²) in [4.78, 5) is 0. The molecule has 0 saturated carbocycles. The van der Waals surface area contributed by atoms with Crippen LogP contribution in [0, 0.1) is 5.92 Å². The Morgan fingerprint density at radius 1 is 1.07 bits per heavy atom. The fourth-order valence-electron chi connectivity index (χ4n) is 1.55. The average Bonchev–Trinajstić information content (AvgIpc) is 2.12. The van der Waals surface area contributed by atoms with E-state index in [9.17, 15) is 8.42 Å². The van der Waals surface area contributed by atoms with Gasteiger partial charge in [0.2, 0.25) is 0 Å². The quantitative estimate of drug-likeness (QED) is 0.677. The van der Waals surface area contributed by atoms with Gasteiger partial charge in [-0.1, -0.05) is 20.3 Å². The van der Waals surface area contributed by atoms with E-state index in [0.29, 0.717) is 30.4 Å². The Kier molecular flexibility index (Phi) is 7.19. The van der Waals surface area contributed by atoms with Crippen molar-refractivity contribution in [2.24, 2.45) is 11.7 Å². The summed E-state index contributed by atoms with van der Waals surface area (Å²) in [7, 11) is -2.81. The molecule has 0 bridgehead atoms. The fraction of sp³-hybridized carbons (Fsp3) is 1.00. The Bertz CT molecular complexity index is 224. The molecule has 0 aromatic carbocycles. The maximum atomic E-state index is 11.4. The van der Waals surface area contributed by atoms with Crippen LogP contribution in [-0.4, -0.2) is 26.5 Å². The van der Waals surface area contributed by atoms with Gasteiger partial charge < -0.3 is 5.73 Å². The fourth-order valence-corrected chi connectivity index (χ4v) is 3.07. The lowest BCUT2D eigenvalue weighted by Gasteiger charge is -2.12. The molecule has 0 spiro atoms. The van der Waals surface area contributed by atoms with Gasteiger partial charge in [-0.2, -0.15) is 0 Å². The van der Waals surface area contributed by atoms with E-state index in [0.717, 1.165) is 19.3 Å². The molecule has 0 heterocycles. The summed E-state index contributed by atoms with van der Waals surface area (Å²) in [6.45, 7) is 4.60. The first kappa shape index (κ1) is 13.9. The normalized spacial score (nSPS) is 14.2. The van der Waals surface area contributed by atoms with Gasteiger partial charge in [0.05, 0.1) is 5.75 Å². The van der Waals surface area contributed by atoms with Gasteiger partial charge in [0.15, 0.2) is 0 Å². The van der Waals surface area contributed by atoms with E-state index in [1.807, 2.05) is 6.92 Å². The van der Waals surface area contributed by atoms with Gasteiger partial charge in [0.25, 0.3) is 0 Å². The van der Waals surface area contributed by atoms with E-state index in [2.05, 4.69) is 6.92 Å². The lowest BCUT2D eigenvalue weighted by atomic mass is 10.0. The van der Waals surface area contributed by atoms with Crippen molar-refractivity contribution in [3.63, 3.8) is 0 Å². The molecule has 0 radical (unpaired) electrons. The Labute approximate surface area is 88.0 Å². The van der Waals surface area contributed by atoms with Crippen molar-refractivity contribution in [2.45, 2.75) is 39.5 Å². The summed E-state index contributed by atoms with van der Waals surface area (Å²) >= 11 is 0. The highest BCUT2D eigenvalue weighted by Gasteiger charge is 2.13. The highest BCUT2D eigenvalue weighted by Crippen LogP contribution is 2.11. The van der Waals surface area contributed by atoms with Crippen LogP contribution in [-0.2, 0) is 9.84 Å². The molecular formula is C10H23NO2S. The molecule has 0 saturated heterocycles. The predicted octanol–water partition coefficient (Wildman–Crippen LogP) is 1.58. The van der Waals surface area contributed by atoms with Crippen molar-refractivity contribution in [1.29, 1.82) is 0 Å². The SMILES string of the molecule is CCCC(CN)CCS(=O)(=O)CCC. The molecule has 0 rings (SSSR count). The monoisotopic (exact) mass is 221 g/mol. The van der Waals surface area contributed by atoms with E-state index in [-0.39, 0.29) is 0 Å². The van der Waals surface area contributed by atoms with Crippen molar-refractivity contribution in [3.8, 4) is 0 Å². The summed E-state index contributed by atoms with van der Waals surface area (Å²) in [6, 6.07) is 0. The molecule has 0 amide bonds. The van der Waals surface area contributed by atoms with Gasteiger partial charge in [-0.15, -0.1) is 0 Å². The van der Waals surface area contributed by atoms with Crippen LogP contribution >= 0.6 is 0 Å². The summed E-state index contributed by atoms with van der Waals surface area (Å²) in [6.07, 6.45) is 3.56. The van der Waals surface area contributed by atoms with Crippen LogP contribution in [0.2, 0.25) is 0 Å². The van der Waals surface area contributed by atoms with Crippen LogP contribution in [0.4, 0.5) is 0 Å². The Morgan fingerprint density at radius 3 is 2.14 bits per heavy atom. The highest BCUT2D eigenvalue weighted by molar-refractivity contribution is 7.91. The number of nitrogens with two attached hydrogens (primary N) is 1. The summed E-state index contributed by atoms with van der Waals surface area (Å²) in [5.41, 5.74) is 5.57. The van der Waals surface area contributed by atoms with Crippen molar-refractivity contribution in [3.05, 3.63) is 0 Å². The van der Waals surface area contributed by atoms with E-state index < -0.39 is 9.84 Å². The Hall–Kier alpha value is -0.0900. The molecule has 4 heteroatoms. The van der Waals surface area contributed by atoms with Crippen molar-refractivity contribution >= 4 is 9.84 Å². The molecule has 3 nitrogen and oxygen atoms in total. The first-order chi connectivity index (χ1) is 6.55. The Balaban J connectivity index is 3.89. The largest absolute Gasteiger partial charge is 0.330 e. The van der Waals surface area contributed by atoms with Crippen molar-refractivity contribution in [2.75, 3.05) is 18.1 Å². The minimum absolute atomic E-state index is 0.308. The molecule has 14 heavy (non-hydrogen) atoms. The van der Waals surface area contributed by atoms with Crippen LogP contribution < -0.4 is 5.73 Å². The molecule has 0 aromatic heterocycles. The van der Waals surface area contributed by atoms with E-state index in [4.69, 9.17) is 5.73 Å². The molecule has 1 unspecified atom stereocenters. The van der Waals surface area contributed by atoms with Gasteiger partial charge in [-0.05, 0) is 31.7 Å². The number of sulfone groups is 1. The second-order valence-corrected chi connectivity index (χ2v) is 6.13. The number of hydrogen-bond donors (Lipinski definition) is 1. The molecule has 0 aliphatic rings. The van der Waals surface area contributed by atoms with Crippen LogP contribution in [0.3, 0.4) is 0 Å². The molecular weight excluding hydrogens is 198 g/mol. The van der Waals surface area contributed by atoms with Crippen molar-refractivity contribution < 1.29 is 8.42 Å². The van der Waals surface area contributed by atoms with Gasteiger partial charge in [0, 0.05) is 5.75 Å². The van der Waals surface area contributed by atoms with Gasteiger partial charge in [-0.25, -0.2) is 8.42 Å². The van der Waals surface area contributed by atoms with Gasteiger partial charge in [-0.3, -0.25) is 0 Å². The van der Waals surface area contributed by atoms with Crippen LogP contribution in [0.5, 0.6) is 0 Å². The zero-order chi connectivity index (χ0) is 11.0. The molecule has 2 N–H and O–H groups in total. The lowest BCUT2D eigenvalue weighted by molar-refractivity contribution is 0.472. The van der Waals surface area contributed by atoms with E-state index in [1.165, 1.54) is 0 Å². The summed E-state index contributed by atoms with van der Waals surface area (Å²) < 4.78 is 22.8. The van der Waals surface area contributed by atoms with Gasteiger partial charge in [0.1, 0.15) is 9.84 Å². The van der Waals surface area contributed by atoms with E-state index in [1.54, 1.807) is 0 Å². The first-order valence-electron chi connectivity index (χ1n) is 5.46. The minimum atomic E-state index is -2.81.